The van der Waals surface area contributed by atoms with Crippen molar-refractivity contribution in [2.45, 2.75) is 12.1 Å². The van der Waals surface area contributed by atoms with Gasteiger partial charge in [-0.25, -0.2) is 5.43 Å². The van der Waals surface area contributed by atoms with Crippen LogP contribution >= 0.6 is 11.8 Å². The normalized spacial score (nSPS) is 10.9. The number of methoxy groups -OCH3 is 1. The number of aryl methyl sites for hydroxylation is 1. The van der Waals surface area contributed by atoms with Gasteiger partial charge in [-0.15, -0.1) is 10.2 Å². The van der Waals surface area contributed by atoms with E-state index in [0.29, 0.717) is 16.5 Å². The van der Waals surface area contributed by atoms with Crippen molar-refractivity contribution in [1.82, 2.24) is 20.2 Å². The molecule has 0 radical (unpaired) electrons. The third kappa shape index (κ3) is 5.78. The summed E-state index contributed by atoms with van der Waals surface area (Å²) >= 11 is 1.20. The maximum absolute atomic E-state index is 12.4. The number of amides is 1. The SMILES string of the molecule is COc1ccc(-n2c(SCC(=O)N/N=C/c3ccccc3C(=O)[O-])nnc2-c2ccc(C)cc2)cc1. The predicted octanol–water partition coefficient (Wildman–Crippen LogP) is 2.86. The van der Waals surface area contributed by atoms with Crippen LogP contribution in [0.15, 0.2) is 83.1 Å². The highest BCUT2D eigenvalue weighted by molar-refractivity contribution is 7.99. The van der Waals surface area contributed by atoms with Crippen LogP contribution in [0.2, 0.25) is 0 Å². The lowest BCUT2D eigenvalue weighted by Gasteiger charge is -2.11. The van der Waals surface area contributed by atoms with Crippen LogP contribution in [-0.4, -0.2) is 45.7 Å². The van der Waals surface area contributed by atoms with Gasteiger partial charge >= 0.3 is 0 Å². The standard InChI is InChI=1S/C26H23N5O4S/c1-17-7-9-18(10-8-17)24-29-30-26(31(24)20-11-13-21(35-2)14-12-20)36-16-23(32)28-27-15-19-5-3-4-6-22(19)25(33)34/h3-15H,16H2,1-2H3,(H,28,32)(H,33,34)/p-1/b27-15+. The molecule has 0 aliphatic carbocycles. The Morgan fingerprint density at radius 2 is 1.78 bits per heavy atom. The average Bonchev–Trinajstić information content (AvgIpc) is 3.32. The van der Waals surface area contributed by atoms with Crippen LogP contribution in [0.5, 0.6) is 5.75 Å². The first-order valence-electron chi connectivity index (χ1n) is 10.9. The molecule has 1 heterocycles. The van der Waals surface area contributed by atoms with Crippen molar-refractivity contribution in [3.63, 3.8) is 0 Å². The van der Waals surface area contributed by atoms with Gasteiger partial charge in [0.25, 0.3) is 5.91 Å². The van der Waals surface area contributed by atoms with Gasteiger partial charge in [-0.3, -0.25) is 9.36 Å². The molecule has 0 bridgehead atoms. The van der Waals surface area contributed by atoms with Crippen molar-refractivity contribution < 1.29 is 19.4 Å². The van der Waals surface area contributed by atoms with Crippen LogP contribution in [-0.2, 0) is 4.79 Å². The second kappa shape index (κ2) is 11.3. The Labute approximate surface area is 211 Å². The summed E-state index contributed by atoms with van der Waals surface area (Å²) in [4.78, 5) is 23.6. The van der Waals surface area contributed by atoms with Crippen molar-refractivity contribution >= 4 is 29.9 Å². The Morgan fingerprint density at radius 3 is 2.47 bits per heavy atom. The van der Waals surface area contributed by atoms with Gasteiger partial charge in [0, 0.05) is 22.4 Å². The Hall–Kier alpha value is -4.44. The topological polar surface area (TPSA) is 122 Å². The molecule has 4 aromatic rings. The van der Waals surface area contributed by atoms with E-state index in [9.17, 15) is 14.7 Å². The number of carboxylic acid groups (broad SMARTS) is 1. The molecule has 10 heteroatoms. The summed E-state index contributed by atoms with van der Waals surface area (Å²) in [5.74, 6) is -0.332. The highest BCUT2D eigenvalue weighted by atomic mass is 32.2. The second-order valence-corrected chi connectivity index (χ2v) is 8.60. The minimum absolute atomic E-state index is 0.0129. The molecule has 9 nitrogen and oxygen atoms in total. The third-order valence-electron chi connectivity index (χ3n) is 5.18. The summed E-state index contributed by atoms with van der Waals surface area (Å²) in [5, 5.41) is 24.3. The maximum atomic E-state index is 12.4. The van der Waals surface area contributed by atoms with Gasteiger partial charge in [0.05, 0.1) is 25.0 Å². The van der Waals surface area contributed by atoms with Gasteiger partial charge in [-0.2, -0.15) is 5.10 Å². The number of hydrazone groups is 1. The molecule has 0 aliphatic rings. The molecule has 3 aromatic carbocycles. The fraction of sp³-hybridized carbons (Fsp3) is 0.115. The lowest BCUT2D eigenvalue weighted by Crippen LogP contribution is -2.24. The number of thioether (sulfide) groups is 1. The van der Waals surface area contributed by atoms with E-state index < -0.39 is 5.97 Å². The lowest BCUT2D eigenvalue weighted by atomic mass is 10.1. The molecular formula is C26H22N5O4S-. The molecule has 0 unspecified atom stereocenters. The molecule has 0 spiro atoms. The minimum Gasteiger partial charge on any atom is -0.545 e. The number of carbonyl (C=O) groups excluding carboxylic acids is 2. The quantitative estimate of drug-likeness (QED) is 0.213. The van der Waals surface area contributed by atoms with Crippen molar-refractivity contribution in [1.29, 1.82) is 0 Å². The fourth-order valence-electron chi connectivity index (χ4n) is 3.35. The zero-order valence-corrected chi connectivity index (χ0v) is 20.4. The molecule has 0 saturated carbocycles. The first-order chi connectivity index (χ1) is 17.5. The molecule has 1 amide bonds. The molecule has 36 heavy (non-hydrogen) atoms. The van der Waals surface area contributed by atoms with E-state index in [2.05, 4.69) is 20.7 Å². The zero-order valence-electron chi connectivity index (χ0n) is 19.5. The van der Waals surface area contributed by atoms with Gasteiger partial charge in [0.2, 0.25) is 0 Å². The Balaban J connectivity index is 1.52. The summed E-state index contributed by atoms with van der Waals surface area (Å²) in [7, 11) is 1.60. The number of hydrogen-bond acceptors (Lipinski definition) is 8. The first-order valence-corrected chi connectivity index (χ1v) is 11.9. The fourth-order valence-corrected chi connectivity index (χ4v) is 4.09. The summed E-state index contributed by atoms with van der Waals surface area (Å²) in [5.41, 5.74) is 5.55. The van der Waals surface area contributed by atoms with Gasteiger partial charge in [-0.1, -0.05) is 65.9 Å². The van der Waals surface area contributed by atoms with E-state index in [0.717, 1.165) is 22.6 Å². The summed E-state index contributed by atoms with van der Waals surface area (Å²) in [6.45, 7) is 2.01. The third-order valence-corrected chi connectivity index (χ3v) is 6.11. The van der Waals surface area contributed by atoms with E-state index in [1.54, 1.807) is 25.3 Å². The summed E-state index contributed by atoms with van der Waals surface area (Å²) in [6, 6.07) is 21.6. The van der Waals surface area contributed by atoms with E-state index in [1.807, 2.05) is 60.0 Å². The van der Waals surface area contributed by atoms with Crippen molar-refractivity contribution in [3.05, 3.63) is 89.5 Å². The molecule has 0 fully saturated rings. The van der Waals surface area contributed by atoms with E-state index >= 15 is 0 Å². The number of aromatic carboxylic acids is 1. The molecule has 182 valence electrons. The molecule has 0 atom stereocenters. The van der Waals surface area contributed by atoms with Crippen LogP contribution in [0.3, 0.4) is 0 Å². The number of carboxylic acids is 1. The van der Waals surface area contributed by atoms with Crippen LogP contribution in [0.4, 0.5) is 0 Å². The van der Waals surface area contributed by atoms with Gasteiger partial charge in [-0.05, 0) is 31.2 Å². The number of nitrogens with one attached hydrogen (secondary N) is 1. The lowest BCUT2D eigenvalue weighted by molar-refractivity contribution is -0.255. The van der Waals surface area contributed by atoms with Crippen LogP contribution in [0.25, 0.3) is 17.1 Å². The summed E-state index contributed by atoms with van der Waals surface area (Å²) in [6.07, 6.45) is 1.27. The largest absolute Gasteiger partial charge is 0.545 e. The molecule has 4 rings (SSSR count). The van der Waals surface area contributed by atoms with Crippen LogP contribution in [0.1, 0.15) is 21.5 Å². The molecule has 0 saturated heterocycles. The zero-order chi connectivity index (χ0) is 25.5. The number of carbonyl (C=O) groups is 2. The van der Waals surface area contributed by atoms with Gasteiger partial charge in [0.1, 0.15) is 5.75 Å². The Morgan fingerprint density at radius 1 is 1.06 bits per heavy atom. The minimum atomic E-state index is -1.32. The number of nitrogens with zero attached hydrogens (tertiary/aromatic N) is 4. The average molecular weight is 501 g/mol. The van der Waals surface area contributed by atoms with E-state index in [1.165, 1.54) is 24.0 Å². The van der Waals surface area contributed by atoms with Crippen molar-refractivity contribution in [2.24, 2.45) is 5.10 Å². The Kier molecular flexibility index (Phi) is 7.76. The maximum Gasteiger partial charge on any atom is 0.250 e. The molecule has 0 aliphatic heterocycles. The summed E-state index contributed by atoms with van der Waals surface area (Å²) < 4.78 is 7.14. The smallest absolute Gasteiger partial charge is 0.250 e. The predicted molar refractivity (Wildman–Crippen MR) is 135 cm³/mol. The highest BCUT2D eigenvalue weighted by Gasteiger charge is 2.17. The van der Waals surface area contributed by atoms with Crippen molar-refractivity contribution in [3.8, 4) is 22.8 Å². The molecular weight excluding hydrogens is 478 g/mol. The number of benzene rings is 3. The molecule has 1 N–H and O–H groups in total. The van der Waals surface area contributed by atoms with Crippen LogP contribution < -0.4 is 15.3 Å². The number of ether oxygens (including phenoxy) is 1. The van der Waals surface area contributed by atoms with Crippen LogP contribution in [0, 0.1) is 6.92 Å². The number of aromatic nitrogens is 3. The van der Waals surface area contributed by atoms with Gasteiger partial charge < -0.3 is 14.6 Å². The first kappa shape index (κ1) is 24.7. The number of hydrogen-bond donors (Lipinski definition) is 1. The highest BCUT2D eigenvalue weighted by Crippen LogP contribution is 2.29. The monoisotopic (exact) mass is 500 g/mol. The molecule has 1 aromatic heterocycles. The van der Waals surface area contributed by atoms with E-state index in [-0.39, 0.29) is 17.2 Å². The Bertz CT molecular complexity index is 1400. The van der Waals surface area contributed by atoms with Crippen molar-refractivity contribution in [2.75, 3.05) is 12.9 Å². The second-order valence-electron chi connectivity index (χ2n) is 7.66. The van der Waals surface area contributed by atoms with Gasteiger partial charge in [0.15, 0.2) is 11.0 Å². The number of rotatable bonds is 9. The van der Waals surface area contributed by atoms with E-state index in [4.69, 9.17) is 4.74 Å².